The Balaban J connectivity index is 1.47. The second-order valence-corrected chi connectivity index (χ2v) is 6.29. The molecule has 1 unspecified atom stereocenters. The van der Waals surface area contributed by atoms with Gasteiger partial charge in [0.05, 0.1) is 23.8 Å². The van der Waals surface area contributed by atoms with Gasteiger partial charge in [-0.1, -0.05) is 12.1 Å². The van der Waals surface area contributed by atoms with Gasteiger partial charge in [0.1, 0.15) is 12.4 Å². The number of aromatic nitrogens is 4. The number of nitrogens with one attached hydrogen (secondary N) is 1. The SMILES string of the molecule is Cc1nc(C)n(-c2ncc(NC(=O)C3COc4ccccc4O3)cn2)c1C. The quantitative estimate of drug-likeness (QED) is 0.766. The molecule has 1 atom stereocenters. The lowest BCUT2D eigenvalue weighted by molar-refractivity contribution is -0.125. The van der Waals surface area contributed by atoms with E-state index in [0.29, 0.717) is 23.1 Å². The summed E-state index contributed by atoms with van der Waals surface area (Å²) in [5.41, 5.74) is 2.40. The predicted octanol–water partition coefficient (Wildman–Crippen LogP) is 2.37. The summed E-state index contributed by atoms with van der Waals surface area (Å²) >= 11 is 0. The summed E-state index contributed by atoms with van der Waals surface area (Å²) in [5.74, 6) is 2.20. The molecule has 1 aliphatic rings. The highest BCUT2D eigenvalue weighted by Crippen LogP contribution is 2.31. The van der Waals surface area contributed by atoms with E-state index < -0.39 is 6.10 Å². The highest BCUT2D eigenvalue weighted by Gasteiger charge is 2.27. The molecular weight excluding hydrogens is 346 g/mol. The number of rotatable bonds is 3. The number of carbonyl (C=O) groups excluding carboxylic acids is 1. The van der Waals surface area contributed by atoms with Gasteiger partial charge in [-0.2, -0.15) is 0 Å². The van der Waals surface area contributed by atoms with Crippen LogP contribution < -0.4 is 14.8 Å². The molecule has 0 aliphatic carbocycles. The molecule has 1 amide bonds. The summed E-state index contributed by atoms with van der Waals surface area (Å²) in [7, 11) is 0. The van der Waals surface area contributed by atoms with E-state index in [9.17, 15) is 4.79 Å². The normalized spacial score (nSPS) is 15.4. The van der Waals surface area contributed by atoms with Crippen LogP contribution in [0.25, 0.3) is 5.95 Å². The van der Waals surface area contributed by atoms with Crippen LogP contribution in [-0.2, 0) is 4.79 Å². The van der Waals surface area contributed by atoms with Crippen LogP contribution in [0.5, 0.6) is 11.5 Å². The molecule has 2 aromatic heterocycles. The van der Waals surface area contributed by atoms with E-state index in [4.69, 9.17) is 9.47 Å². The van der Waals surface area contributed by atoms with Crippen molar-refractivity contribution in [1.29, 1.82) is 0 Å². The molecule has 1 N–H and O–H groups in total. The molecule has 27 heavy (non-hydrogen) atoms. The molecule has 0 fully saturated rings. The number of para-hydroxylation sites is 2. The molecule has 8 nitrogen and oxygen atoms in total. The minimum atomic E-state index is -0.736. The Labute approximate surface area is 156 Å². The van der Waals surface area contributed by atoms with E-state index in [-0.39, 0.29) is 12.5 Å². The monoisotopic (exact) mass is 365 g/mol. The molecule has 138 valence electrons. The minimum Gasteiger partial charge on any atom is -0.485 e. The standard InChI is InChI=1S/C19H19N5O3/c1-11-12(2)24(13(3)22-11)19-20-8-14(9-21-19)23-18(25)17-10-26-15-6-4-5-7-16(15)27-17/h4-9,17H,10H2,1-3H3,(H,23,25). The molecule has 0 radical (unpaired) electrons. The van der Waals surface area contributed by atoms with E-state index in [1.807, 2.05) is 37.5 Å². The zero-order valence-corrected chi connectivity index (χ0v) is 15.3. The third kappa shape index (κ3) is 3.21. The Morgan fingerprint density at radius 3 is 2.52 bits per heavy atom. The van der Waals surface area contributed by atoms with Crippen LogP contribution in [0.2, 0.25) is 0 Å². The minimum absolute atomic E-state index is 0.147. The van der Waals surface area contributed by atoms with Crippen LogP contribution in [0.15, 0.2) is 36.7 Å². The largest absolute Gasteiger partial charge is 0.485 e. The fraction of sp³-hybridized carbons (Fsp3) is 0.263. The lowest BCUT2D eigenvalue weighted by Crippen LogP contribution is -2.40. The summed E-state index contributed by atoms with van der Waals surface area (Å²) in [6.45, 7) is 5.95. The lowest BCUT2D eigenvalue weighted by atomic mass is 10.2. The number of amides is 1. The van der Waals surface area contributed by atoms with Crippen molar-refractivity contribution in [3.63, 3.8) is 0 Å². The molecule has 1 aromatic carbocycles. The molecule has 1 aliphatic heterocycles. The van der Waals surface area contributed by atoms with Crippen molar-refractivity contribution in [3.05, 3.63) is 53.9 Å². The number of anilines is 1. The number of ether oxygens (including phenoxy) is 2. The van der Waals surface area contributed by atoms with Gasteiger partial charge in [0.2, 0.25) is 12.1 Å². The number of hydrogen-bond donors (Lipinski definition) is 1. The molecule has 8 heteroatoms. The Bertz CT molecular complexity index is 997. The Kier molecular flexibility index (Phi) is 4.23. The van der Waals surface area contributed by atoms with Crippen molar-refractivity contribution in [2.45, 2.75) is 26.9 Å². The van der Waals surface area contributed by atoms with Crippen LogP contribution in [-0.4, -0.2) is 38.1 Å². The fourth-order valence-electron chi connectivity index (χ4n) is 2.95. The maximum absolute atomic E-state index is 12.5. The number of aryl methyl sites for hydroxylation is 2. The molecule has 3 heterocycles. The smallest absolute Gasteiger partial charge is 0.269 e. The molecule has 0 spiro atoms. The average Bonchev–Trinajstić information content (AvgIpc) is 2.94. The number of fused-ring (bicyclic) bond motifs is 1. The van der Waals surface area contributed by atoms with Crippen LogP contribution in [0, 0.1) is 20.8 Å². The van der Waals surface area contributed by atoms with Gasteiger partial charge in [0.25, 0.3) is 5.91 Å². The van der Waals surface area contributed by atoms with Crippen LogP contribution in [0.4, 0.5) is 5.69 Å². The highest BCUT2D eigenvalue weighted by molar-refractivity contribution is 5.94. The number of carbonyl (C=O) groups is 1. The van der Waals surface area contributed by atoms with Gasteiger partial charge < -0.3 is 14.8 Å². The molecule has 0 saturated heterocycles. The van der Waals surface area contributed by atoms with Crippen molar-refractivity contribution in [3.8, 4) is 17.4 Å². The molecule has 0 saturated carbocycles. The summed E-state index contributed by atoms with van der Waals surface area (Å²) in [4.78, 5) is 25.6. The number of imidazole rings is 1. The maximum Gasteiger partial charge on any atom is 0.269 e. The second-order valence-electron chi connectivity index (χ2n) is 6.29. The molecule has 0 bridgehead atoms. The zero-order valence-electron chi connectivity index (χ0n) is 15.3. The van der Waals surface area contributed by atoms with Gasteiger partial charge in [-0.05, 0) is 32.9 Å². The third-order valence-electron chi connectivity index (χ3n) is 4.42. The van der Waals surface area contributed by atoms with Crippen molar-refractivity contribution >= 4 is 11.6 Å². The van der Waals surface area contributed by atoms with Crippen molar-refractivity contribution in [2.75, 3.05) is 11.9 Å². The van der Waals surface area contributed by atoms with Crippen LogP contribution in [0.3, 0.4) is 0 Å². The predicted molar refractivity (Wildman–Crippen MR) is 98.3 cm³/mol. The number of nitrogens with zero attached hydrogens (tertiary/aromatic N) is 4. The fourth-order valence-corrected chi connectivity index (χ4v) is 2.95. The summed E-state index contributed by atoms with van der Waals surface area (Å²) in [5, 5.41) is 2.76. The Morgan fingerprint density at radius 2 is 1.85 bits per heavy atom. The van der Waals surface area contributed by atoms with Gasteiger partial charge in [0.15, 0.2) is 11.5 Å². The van der Waals surface area contributed by atoms with Crippen LogP contribution in [0.1, 0.15) is 17.2 Å². The summed E-state index contributed by atoms with van der Waals surface area (Å²) in [6, 6.07) is 7.26. The van der Waals surface area contributed by atoms with Gasteiger partial charge in [-0.25, -0.2) is 15.0 Å². The first-order valence-corrected chi connectivity index (χ1v) is 8.57. The van der Waals surface area contributed by atoms with Crippen molar-refractivity contribution in [2.24, 2.45) is 0 Å². The second kappa shape index (κ2) is 6.71. The van der Waals surface area contributed by atoms with Gasteiger partial charge in [-0.3, -0.25) is 9.36 Å². The number of benzene rings is 1. The Hall–Kier alpha value is -3.42. The molecular formula is C19H19N5O3. The van der Waals surface area contributed by atoms with Gasteiger partial charge >= 0.3 is 0 Å². The van der Waals surface area contributed by atoms with Crippen molar-refractivity contribution in [1.82, 2.24) is 19.5 Å². The molecule has 3 aromatic rings. The van der Waals surface area contributed by atoms with E-state index in [1.165, 1.54) is 0 Å². The lowest BCUT2D eigenvalue weighted by Gasteiger charge is -2.25. The summed E-state index contributed by atoms with van der Waals surface area (Å²) in [6.07, 6.45) is 2.39. The topological polar surface area (TPSA) is 91.2 Å². The van der Waals surface area contributed by atoms with E-state index in [2.05, 4.69) is 20.3 Å². The third-order valence-corrected chi connectivity index (χ3v) is 4.42. The molecule has 4 rings (SSSR count). The van der Waals surface area contributed by atoms with Gasteiger partial charge in [0, 0.05) is 5.69 Å². The van der Waals surface area contributed by atoms with E-state index in [0.717, 1.165) is 17.2 Å². The number of hydrogen-bond acceptors (Lipinski definition) is 6. The average molecular weight is 365 g/mol. The zero-order chi connectivity index (χ0) is 19.0. The first-order chi connectivity index (χ1) is 13.0. The maximum atomic E-state index is 12.5. The first kappa shape index (κ1) is 17.0. The summed E-state index contributed by atoms with van der Waals surface area (Å²) < 4.78 is 13.1. The first-order valence-electron chi connectivity index (χ1n) is 8.57. The highest BCUT2D eigenvalue weighted by atomic mass is 16.6. The van der Waals surface area contributed by atoms with Crippen LogP contribution >= 0.6 is 0 Å². The van der Waals surface area contributed by atoms with E-state index >= 15 is 0 Å². The van der Waals surface area contributed by atoms with E-state index in [1.54, 1.807) is 24.5 Å². The van der Waals surface area contributed by atoms with Crippen molar-refractivity contribution < 1.29 is 14.3 Å². The Morgan fingerprint density at radius 1 is 1.15 bits per heavy atom. The van der Waals surface area contributed by atoms with Gasteiger partial charge in [-0.15, -0.1) is 0 Å².